The Bertz CT molecular complexity index is 1190. The molecule has 1 aliphatic carbocycles. The maximum Gasteiger partial charge on any atom is 0.255 e. The number of rotatable bonds is 4. The minimum atomic E-state index is -0.135. The number of carbonyl (C=O) groups excluding carboxylic acids is 1. The number of H-pyrrole nitrogens is 1. The molecule has 30 heavy (non-hydrogen) atoms. The molecule has 0 radical (unpaired) electrons. The Hall–Kier alpha value is -3.74. The summed E-state index contributed by atoms with van der Waals surface area (Å²) in [6.45, 7) is 2.03. The Morgan fingerprint density at radius 3 is 2.97 bits per heavy atom. The first-order valence-corrected chi connectivity index (χ1v) is 10.1. The SMILES string of the molecule is Cc1cccc(-c2[nH]ncc2C(=O)N[C@H]2CCCc3c2cnn3-c2ccccn2)c1. The number of carbonyl (C=O) groups is 1. The Morgan fingerprint density at radius 2 is 2.13 bits per heavy atom. The van der Waals surface area contributed by atoms with Gasteiger partial charge in [-0.3, -0.25) is 9.89 Å². The second kappa shape index (κ2) is 7.59. The Labute approximate surface area is 174 Å². The van der Waals surface area contributed by atoms with Crippen molar-refractivity contribution < 1.29 is 4.79 Å². The van der Waals surface area contributed by atoms with Crippen LogP contribution in [-0.4, -0.2) is 30.9 Å². The maximum absolute atomic E-state index is 13.1. The average Bonchev–Trinajstić information content (AvgIpc) is 3.42. The highest BCUT2D eigenvalue weighted by Gasteiger charge is 2.27. The van der Waals surface area contributed by atoms with E-state index in [0.29, 0.717) is 5.56 Å². The number of aryl methyl sites for hydroxylation is 1. The number of aromatic amines is 1. The lowest BCUT2D eigenvalue weighted by molar-refractivity contribution is 0.0933. The molecule has 5 rings (SSSR count). The quantitative estimate of drug-likeness (QED) is 0.548. The van der Waals surface area contributed by atoms with Crippen molar-refractivity contribution in [2.75, 3.05) is 0 Å². The van der Waals surface area contributed by atoms with E-state index in [1.807, 2.05) is 60.3 Å². The summed E-state index contributed by atoms with van der Waals surface area (Å²) in [6.07, 6.45) is 7.98. The van der Waals surface area contributed by atoms with Crippen LogP contribution in [0.5, 0.6) is 0 Å². The van der Waals surface area contributed by atoms with Gasteiger partial charge in [0, 0.05) is 17.3 Å². The van der Waals surface area contributed by atoms with Gasteiger partial charge in [0.2, 0.25) is 0 Å². The largest absolute Gasteiger partial charge is 0.345 e. The van der Waals surface area contributed by atoms with Crippen LogP contribution in [0.15, 0.2) is 61.1 Å². The first kappa shape index (κ1) is 18.3. The second-order valence-electron chi connectivity index (χ2n) is 7.59. The minimum absolute atomic E-state index is 0.0843. The highest BCUT2D eigenvalue weighted by molar-refractivity contribution is 6.00. The number of hydrogen-bond donors (Lipinski definition) is 2. The second-order valence-corrected chi connectivity index (χ2v) is 7.59. The molecule has 1 amide bonds. The van der Waals surface area contributed by atoms with Gasteiger partial charge in [0.15, 0.2) is 5.82 Å². The van der Waals surface area contributed by atoms with E-state index in [4.69, 9.17) is 0 Å². The van der Waals surface area contributed by atoms with Crippen molar-refractivity contribution in [2.45, 2.75) is 32.2 Å². The number of aromatic nitrogens is 5. The first-order chi connectivity index (χ1) is 14.7. The van der Waals surface area contributed by atoms with Gasteiger partial charge in [0.1, 0.15) is 0 Å². The summed E-state index contributed by atoms with van der Waals surface area (Å²) in [4.78, 5) is 17.5. The summed E-state index contributed by atoms with van der Waals surface area (Å²) in [5, 5.41) is 14.8. The van der Waals surface area contributed by atoms with E-state index in [1.54, 1.807) is 12.4 Å². The van der Waals surface area contributed by atoms with Crippen molar-refractivity contribution in [1.29, 1.82) is 0 Å². The van der Waals surface area contributed by atoms with Crippen molar-refractivity contribution in [1.82, 2.24) is 30.3 Å². The lowest BCUT2D eigenvalue weighted by Crippen LogP contribution is -2.31. The smallest absolute Gasteiger partial charge is 0.255 e. The third-order valence-corrected chi connectivity index (χ3v) is 5.55. The third-order valence-electron chi connectivity index (χ3n) is 5.55. The molecule has 0 aliphatic heterocycles. The summed E-state index contributed by atoms with van der Waals surface area (Å²) in [6, 6.07) is 13.7. The van der Waals surface area contributed by atoms with Gasteiger partial charge in [-0.1, -0.05) is 29.8 Å². The van der Waals surface area contributed by atoms with Gasteiger partial charge in [-0.05, 0) is 44.4 Å². The fourth-order valence-corrected chi connectivity index (χ4v) is 4.10. The van der Waals surface area contributed by atoms with E-state index in [0.717, 1.165) is 53.2 Å². The zero-order chi connectivity index (χ0) is 20.5. The third kappa shape index (κ3) is 3.28. The molecule has 0 saturated heterocycles. The molecule has 0 bridgehead atoms. The number of benzene rings is 1. The van der Waals surface area contributed by atoms with Crippen LogP contribution in [0.4, 0.5) is 0 Å². The summed E-state index contributed by atoms with van der Waals surface area (Å²) < 4.78 is 1.88. The molecule has 150 valence electrons. The summed E-state index contributed by atoms with van der Waals surface area (Å²) in [5.74, 6) is 0.658. The van der Waals surface area contributed by atoms with Crippen LogP contribution in [0.25, 0.3) is 17.1 Å². The van der Waals surface area contributed by atoms with E-state index in [2.05, 4.69) is 25.6 Å². The monoisotopic (exact) mass is 398 g/mol. The van der Waals surface area contributed by atoms with Crippen molar-refractivity contribution in [3.8, 4) is 17.1 Å². The number of nitrogens with one attached hydrogen (secondary N) is 2. The number of pyridine rings is 1. The Kier molecular flexibility index (Phi) is 4.63. The number of amides is 1. The standard InChI is InChI=1S/C23H22N6O/c1-15-6-4-7-16(12-15)22-18(13-25-28-22)23(30)27-19-8-5-9-20-17(19)14-26-29(20)21-10-2-3-11-24-21/h2-4,6-7,10-14,19H,5,8-9H2,1H3,(H,25,28)(H,27,30)/t19-/m0/s1. The molecule has 3 heterocycles. The van der Waals surface area contributed by atoms with Gasteiger partial charge < -0.3 is 5.32 Å². The Balaban J connectivity index is 1.42. The van der Waals surface area contributed by atoms with E-state index in [-0.39, 0.29) is 11.9 Å². The first-order valence-electron chi connectivity index (χ1n) is 10.1. The maximum atomic E-state index is 13.1. The zero-order valence-electron chi connectivity index (χ0n) is 16.7. The van der Waals surface area contributed by atoms with Crippen LogP contribution < -0.4 is 5.32 Å². The van der Waals surface area contributed by atoms with Crippen LogP contribution in [0, 0.1) is 6.92 Å². The predicted molar refractivity (Wildman–Crippen MR) is 113 cm³/mol. The van der Waals surface area contributed by atoms with Gasteiger partial charge in [0.25, 0.3) is 5.91 Å². The van der Waals surface area contributed by atoms with E-state index in [1.165, 1.54) is 0 Å². The molecule has 1 atom stereocenters. The highest BCUT2D eigenvalue weighted by Crippen LogP contribution is 2.31. The summed E-state index contributed by atoms with van der Waals surface area (Å²) in [5.41, 5.74) is 5.52. The average molecular weight is 398 g/mol. The van der Waals surface area contributed by atoms with Crippen LogP contribution >= 0.6 is 0 Å². The van der Waals surface area contributed by atoms with Gasteiger partial charge in [0.05, 0.1) is 35.4 Å². The molecule has 7 nitrogen and oxygen atoms in total. The van der Waals surface area contributed by atoms with E-state index < -0.39 is 0 Å². The predicted octanol–water partition coefficient (Wildman–Crippen LogP) is 3.77. The molecule has 0 fully saturated rings. The molecule has 7 heteroatoms. The minimum Gasteiger partial charge on any atom is -0.345 e. The van der Waals surface area contributed by atoms with Crippen LogP contribution in [0.1, 0.15) is 46.1 Å². The molecule has 4 aromatic rings. The zero-order valence-corrected chi connectivity index (χ0v) is 16.7. The fourth-order valence-electron chi connectivity index (χ4n) is 4.10. The molecular weight excluding hydrogens is 376 g/mol. The molecule has 1 aliphatic rings. The van der Waals surface area contributed by atoms with Gasteiger partial charge in [-0.15, -0.1) is 0 Å². The van der Waals surface area contributed by atoms with Gasteiger partial charge in [-0.2, -0.15) is 10.2 Å². The van der Waals surface area contributed by atoms with Crippen molar-refractivity contribution in [3.05, 3.63) is 83.4 Å². The molecule has 0 saturated carbocycles. The summed E-state index contributed by atoms with van der Waals surface area (Å²) in [7, 11) is 0. The van der Waals surface area contributed by atoms with Crippen molar-refractivity contribution >= 4 is 5.91 Å². The molecule has 1 aromatic carbocycles. The Morgan fingerprint density at radius 1 is 1.20 bits per heavy atom. The topological polar surface area (TPSA) is 88.5 Å². The fraction of sp³-hybridized carbons (Fsp3) is 0.217. The number of fused-ring (bicyclic) bond motifs is 1. The van der Waals surface area contributed by atoms with Crippen molar-refractivity contribution in [2.24, 2.45) is 0 Å². The van der Waals surface area contributed by atoms with E-state index >= 15 is 0 Å². The summed E-state index contributed by atoms with van der Waals surface area (Å²) >= 11 is 0. The molecule has 2 N–H and O–H groups in total. The molecule has 3 aromatic heterocycles. The van der Waals surface area contributed by atoms with Crippen molar-refractivity contribution in [3.63, 3.8) is 0 Å². The number of hydrogen-bond acceptors (Lipinski definition) is 4. The normalized spacial score (nSPS) is 15.6. The van der Waals surface area contributed by atoms with E-state index in [9.17, 15) is 4.79 Å². The molecule has 0 unspecified atom stereocenters. The van der Waals surface area contributed by atoms with Crippen LogP contribution in [-0.2, 0) is 6.42 Å². The highest BCUT2D eigenvalue weighted by atomic mass is 16.1. The molecule has 0 spiro atoms. The van der Waals surface area contributed by atoms with Crippen LogP contribution in [0.2, 0.25) is 0 Å². The molecular formula is C23H22N6O. The van der Waals surface area contributed by atoms with Gasteiger partial charge >= 0.3 is 0 Å². The van der Waals surface area contributed by atoms with Crippen LogP contribution in [0.3, 0.4) is 0 Å². The van der Waals surface area contributed by atoms with Gasteiger partial charge in [-0.25, -0.2) is 9.67 Å². The lowest BCUT2D eigenvalue weighted by Gasteiger charge is -2.24. The lowest BCUT2D eigenvalue weighted by atomic mass is 9.92. The number of nitrogens with zero attached hydrogens (tertiary/aromatic N) is 4.